The Morgan fingerprint density at radius 3 is 2.77 bits per heavy atom. The van der Waals surface area contributed by atoms with Crippen LogP contribution in [0.15, 0.2) is 12.3 Å². The summed E-state index contributed by atoms with van der Waals surface area (Å²) in [7, 11) is 0. The smallest absolute Gasteiger partial charge is 0.272 e. The Kier molecular flexibility index (Phi) is 3.16. The van der Waals surface area contributed by atoms with E-state index in [1.807, 2.05) is 0 Å². The number of nitrogens with zero attached hydrogens (tertiary/aromatic N) is 3. The molecule has 0 bridgehead atoms. The van der Waals surface area contributed by atoms with Crippen molar-refractivity contribution in [2.75, 3.05) is 32.0 Å². The molecule has 1 fully saturated rings. The Morgan fingerprint density at radius 2 is 1.95 bits per heavy atom. The van der Waals surface area contributed by atoms with Crippen molar-refractivity contribution in [2.45, 2.75) is 13.2 Å². The number of pyridine rings is 2. The second-order valence-electron chi connectivity index (χ2n) is 5.44. The molecule has 7 heteroatoms. The van der Waals surface area contributed by atoms with Crippen LogP contribution in [0.1, 0.15) is 21.6 Å². The summed E-state index contributed by atoms with van der Waals surface area (Å²) in [6, 6.07) is 1.80. The maximum atomic E-state index is 12.5. The number of nitrogen functional groups attached to an aromatic ring is 1. The van der Waals surface area contributed by atoms with Crippen LogP contribution < -0.4 is 5.73 Å². The Hall–Kier alpha value is -2.25. The van der Waals surface area contributed by atoms with Crippen molar-refractivity contribution >= 4 is 22.6 Å². The van der Waals surface area contributed by atoms with E-state index in [4.69, 9.17) is 15.2 Å². The number of morpholine rings is 1. The van der Waals surface area contributed by atoms with E-state index in [0.717, 1.165) is 16.5 Å². The Morgan fingerprint density at radius 1 is 1.18 bits per heavy atom. The van der Waals surface area contributed by atoms with Gasteiger partial charge in [-0.1, -0.05) is 0 Å². The number of hydrogen-bond acceptors (Lipinski definition) is 6. The molecule has 7 nitrogen and oxygen atoms in total. The predicted octanol–water partition coefficient (Wildman–Crippen LogP) is 0.715. The minimum absolute atomic E-state index is 0.0744. The summed E-state index contributed by atoms with van der Waals surface area (Å²) in [5, 5.41) is 0.897. The number of fused-ring (bicyclic) bond motifs is 3. The number of rotatable bonds is 1. The molecule has 0 unspecified atom stereocenters. The molecule has 1 amide bonds. The second kappa shape index (κ2) is 5.19. The third-order valence-corrected chi connectivity index (χ3v) is 4.13. The predicted molar refractivity (Wildman–Crippen MR) is 79.2 cm³/mol. The van der Waals surface area contributed by atoms with Gasteiger partial charge >= 0.3 is 0 Å². The van der Waals surface area contributed by atoms with E-state index < -0.39 is 0 Å². The molecule has 0 radical (unpaired) electrons. The molecule has 2 aromatic rings. The van der Waals surface area contributed by atoms with E-state index in [1.165, 1.54) is 0 Å². The topological polar surface area (TPSA) is 90.6 Å². The molecular weight excluding hydrogens is 284 g/mol. The van der Waals surface area contributed by atoms with E-state index in [2.05, 4.69) is 9.97 Å². The lowest BCUT2D eigenvalue weighted by Crippen LogP contribution is -2.41. The summed E-state index contributed by atoms with van der Waals surface area (Å²) in [6.45, 7) is 3.30. The zero-order valence-electron chi connectivity index (χ0n) is 12.0. The highest BCUT2D eigenvalue weighted by molar-refractivity contribution is 5.97. The summed E-state index contributed by atoms with van der Waals surface area (Å²) in [6.07, 6.45) is 1.61. The van der Waals surface area contributed by atoms with Gasteiger partial charge in [0.1, 0.15) is 11.5 Å². The number of nitrogens with two attached hydrogens (primary N) is 1. The normalized spacial score (nSPS) is 17.7. The minimum atomic E-state index is -0.0744. The number of ether oxygens (including phenoxy) is 2. The fourth-order valence-corrected chi connectivity index (χ4v) is 2.92. The van der Waals surface area contributed by atoms with Crippen molar-refractivity contribution < 1.29 is 14.3 Å². The molecule has 4 heterocycles. The lowest BCUT2D eigenvalue weighted by atomic mass is 10.1. The van der Waals surface area contributed by atoms with Gasteiger partial charge in [-0.25, -0.2) is 9.97 Å². The highest BCUT2D eigenvalue weighted by Gasteiger charge is 2.23. The molecule has 22 heavy (non-hydrogen) atoms. The van der Waals surface area contributed by atoms with Crippen LogP contribution >= 0.6 is 0 Å². The molecular formula is C15H16N4O3. The van der Waals surface area contributed by atoms with Gasteiger partial charge in [-0.15, -0.1) is 0 Å². The molecule has 0 atom stereocenters. The van der Waals surface area contributed by atoms with Crippen LogP contribution in [0.3, 0.4) is 0 Å². The molecule has 2 aromatic heterocycles. The molecule has 114 valence electrons. The molecule has 0 saturated carbocycles. The fourth-order valence-electron chi connectivity index (χ4n) is 2.92. The minimum Gasteiger partial charge on any atom is -0.383 e. The van der Waals surface area contributed by atoms with E-state index in [0.29, 0.717) is 56.5 Å². The first-order valence-corrected chi connectivity index (χ1v) is 7.26. The third-order valence-electron chi connectivity index (χ3n) is 4.13. The van der Waals surface area contributed by atoms with Crippen LogP contribution in [0.5, 0.6) is 0 Å². The van der Waals surface area contributed by atoms with Gasteiger partial charge in [-0.2, -0.15) is 0 Å². The van der Waals surface area contributed by atoms with Crippen LogP contribution in [0.25, 0.3) is 10.9 Å². The first-order valence-electron chi connectivity index (χ1n) is 7.26. The fraction of sp³-hybridized carbons (Fsp3) is 0.400. The Labute approximate surface area is 127 Å². The number of anilines is 1. The van der Waals surface area contributed by atoms with E-state index >= 15 is 0 Å². The zero-order chi connectivity index (χ0) is 15.1. The number of carbonyl (C=O) groups is 1. The lowest BCUT2D eigenvalue weighted by molar-refractivity contribution is 0.0299. The molecule has 2 aliphatic heterocycles. The molecule has 0 spiro atoms. The summed E-state index contributed by atoms with van der Waals surface area (Å²) in [5.41, 5.74) is 9.00. The Balaban J connectivity index is 1.77. The van der Waals surface area contributed by atoms with Gasteiger partial charge in [0.25, 0.3) is 5.91 Å². The molecule has 0 aromatic carbocycles. The van der Waals surface area contributed by atoms with E-state index in [1.54, 1.807) is 17.2 Å². The average molecular weight is 300 g/mol. The largest absolute Gasteiger partial charge is 0.383 e. The van der Waals surface area contributed by atoms with Crippen molar-refractivity contribution in [2.24, 2.45) is 0 Å². The lowest BCUT2D eigenvalue weighted by Gasteiger charge is -2.26. The molecule has 4 rings (SSSR count). The van der Waals surface area contributed by atoms with Gasteiger partial charge < -0.3 is 20.1 Å². The standard InChI is InChI=1S/C15H16N4O3/c16-14-11-8-22-7-10(11)9-5-12(17-6-13(9)18-14)15(20)19-1-3-21-4-2-19/h5-6H,1-4,7-8H2,(H2,16,18). The van der Waals surface area contributed by atoms with Crippen molar-refractivity contribution in [3.8, 4) is 0 Å². The maximum Gasteiger partial charge on any atom is 0.272 e. The van der Waals surface area contributed by atoms with Gasteiger partial charge in [-0.3, -0.25) is 4.79 Å². The van der Waals surface area contributed by atoms with E-state index in [9.17, 15) is 4.79 Å². The van der Waals surface area contributed by atoms with Gasteiger partial charge in [0, 0.05) is 24.0 Å². The van der Waals surface area contributed by atoms with Gasteiger partial charge in [0.2, 0.25) is 0 Å². The maximum absolute atomic E-state index is 12.5. The highest BCUT2D eigenvalue weighted by Crippen LogP contribution is 2.31. The van der Waals surface area contributed by atoms with Crippen molar-refractivity contribution in [1.82, 2.24) is 14.9 Å². The summed E-state index contributed by atoms with van der Waals surface area (Å²) in [5.74, 6) is 0.406. The number of amides is 1. The molecule has 0 aliphatic carbocycles. The van der Waals surface area contributed by atoms with Gasteiger partial charge in [-0.05, 0) is 11.6 Å². The summed E-state index contributed by atoms with van der Waals surface area (Å²) >= 11 is 0. The van der Waals surface area contributed by atoms with Crippen LogP contribution in [0, 0.1) is 0 Å². The number of hydrogen-bond donors (Lipinski definition) is 1. The van der Waals surface area contributed by atoms with Gasteiger partial charge in [0.05, 0.1) is 38.1 Å². The summed E-state index contributed by atoms with van der Waals surface area (Å²) in [4.78, 5) is 22.9. The quantitative estimate of drug-likeness (QED) is 0.834. The highest BCUT2D eigenvalue weighted by atomic mass is 16.5. The van der Waals surface area contributed by atoms with Crippen molar-refractivity contribution in [3.63, 3.8) is 0 Å². The Bertz CT molecular complexity index is 756. The number of carbonyl (C=O) groups excluding carboxylic acids is 1. The molecule has 2 N–H and O–H groups in total. The van der Waals surface area contributed by atoms with Gasteiger partial charge in [0.15, 0.2) is 0 Å². The average Bonchev–Trinajstić information content (AvgIpc) is 3.05. The first-order chi connectivity index (χ1) is 10.7. The zero-order valence-corrected chi connectivity index (χ0v) is 12.0. The summed E-state index contributed by atoms with van der Waals surface area (Å²) < 4.78 is 10.7. The number of aromatic nitrogens is 2. The van der Waals surface area contributed by atoms with E-state index in [-0.39, 0.29) is 5.91 Å². The third kappa shape index (κ3) is 2.10. The second-order valence-corrected chi connectivity index (χ2v) is 5.44. The first kappa shape index (κ1) is 13.4. The monoisotopic (exact) mass is 300 g/mol. The van der Waals surface area contributed by atoms with Crippen LogP contribution in [0.4, 0.5) is 5.82 Å². The van der Waals surface area contributed by atoms with Crippen molar-refractivity contribution in [1.29, 1.82) is 0 Å². The molecule has 2 aliphatic rings. The van der Waals surface area contributed by atoms with Crippen LogP contribution in [0.2, 0.25) is 0 Å². The van der Waals surface area contributed by atoms with Crippen molar-refractivity contribution in [3.05, 3.63) is 29.1 Å². The van der Waals surface area contributed by atoms with Crippen LogP contribution in [-0.2, 0) is 22.7 Å². The molecule has 1 saturated heterocycles. The SMILES string of the molecule is Nc1nc2cnc(C(=O)N3CCOCC3)cc2c2c1COC2. The van der Waals surface area contributed by atoms with Crippen LogP contribution in [-0.4, -0.2) is 47.1 Å².